The molecule has 12 heavy (non-hydrogen) atoms. The summed E-state index contributed by atoms with van der Waals surface area (Å²) >= 11 is 0. The molecule has 2 heteroatoms. The van der Waals surface area contributed by atoms with Crippen LogP contribution in [0.25, 0.3) is 0 Å². The Balaban J connectivity index is 2.26. The highest BCUT2D eigenvalue weighted by Crippen LogP contribution is 2.33. The molecule has 1 saturated carbocycles. The smallest absolute Gasteiger partial charge is 0.159 e. The molecule has 0 amide bonds. The van der Waals surface area contributed by atoms with Crippen LogP contribution in [-0.4, -0.2) is 11.6 Å². The van der Waals surface area contributed by atoms with Crippen LogP contribution in [0.4, 0.5) is 0 Å². The van der Waals surface area contributed by atoms with Gasteiger partial charge in [0, 0.05) is 11.8 Å². The minimum atomic E-state index is 0.0243. The van der Waals surface area contributed by atoms with E-state index in [0.29, 0.717) is 0 Å². The molecule has 2 aliphatic carbocycles. The van der Waals surface area contributed by atoms with Crippen molar-refractivity contribution in [3.05, 3.63) is 12.2 Å². The highest BCUT2D eigenvalue weighted by atomic mass is 16.1. The summed E-state index contributed by atoms with van der Waals surface area (Å²) in [6.45, 7) is 0. The molecule has 0 bridgehead atoms. The molecule has 0 saturated heterocycles. The van der Waals surface area contributed by atoms with E-state index in [0.717, 1.165) is 25.7 Å². The highest BCUT2D eigenvalue weighted by Gasteiger charge is 2.35. The number of ketones is 2. The Bertz CT molecular complexity index is 227. The fourth-order valence-electron chi connectivity index (χ4n) is 2.22. The maximum atomic E-state index is 11.3. The van der Waals surface area contributed by atoms with E-state index in [9.17, 15) is 9.59 Å². The lowest BCUT2D eigenvalue weighted by Gasteiger charge is -2.29. The lowest BCUT2D eigenvalue weighted by molar-refractivity contribution is -0.130. The third-order valence-corrected chi connectivity index (χ3v) is 2.91. The van der Waals surface area contributed by atoms with Crippen molar-refractivity contribution in [2.45, 2.75) is 25.7 Å². The second-order valence-electron chi connectivity index (χ2n) is 3.64. The Morgan fingerprint density at radius 3 is 1.75 bits per heavy atom. The van der Waals surface area contributed by atoms with E-state index in [4.69, 9.17) is 0 Å². The van der Waals surface area contributed by atoms with E-state index in [2.05, 4.69) is 0 Å². The van der Waals surface area contributed by atoms with Crippen LogP contribution in [-0.2, 0) is 9.59 Å². The monoisotopic (exact) mass is 164 g/mol. The molecule has 0 aliphatic heterocycles. The average Bonchev–Trinajstić information content (AvgIpc) is 2.12. The van der Waals surface area contributed by atoms with Gasteiger partial charge in [0.25, 0.3) is 0 Å². The Morgan fingerprint density at radius 1 is 0.917 bits per heavy atom. The van der Waals surface area contributed by atoms with Gasteiger partial charge < -0.3 is 0 Å². The Hall–Kier alpha value is -0.920. The lowest BCUT2D eigenvalue weighted by atomic mass is 9.72. The maximum absolute atomic E-state index is 11.3. The van der Waals surface area contributed by atoms with Gasteiger partial charge in [-0.1, -0.05) is 12.8 Å². The lowest BCUT2D eigenvalue weighted by Crippen LogP contribution is -2.34. The number of carbonyl (C=O) groups is 2. The summed E-state index contributed by atoms with van der Waals surface area (Å²) in [6.07, 6.45) is 6.95. The third-order valence-electron chi connectivity index (χ3n) is 2.91. The Kier molecular flexibility index (Phi) is 1.83. The second-order valence-corrected chi connectivity index (χ2v) is 3.64. The number of hydrogen-bond donors (Lipinski definition) is 0. The average molecular weight is 164 g/mol. The normalized spacial score (nSPS) is 35.0. The quantitative estimate of drug-likeness (QED) is 0.543. The van der Waals surface area contributed by atoms with E-state index in [-0.39, 0.29) is 23.4 Å². The first-order chi connectivity index (χ1) is 5.79. The fourth-order valence-corrected chi connectivity index (χ4v) is 2.22. The number of allylic oxidation sites excluding steroid dienone is 2. The molecule has 2 rings (SSSR count). The van der Waals surface area contributed by atoms with Crippen LogP contribution in [0.2, 0.25) is 0 Å². The summed E-state index contributed by atoms with van der Waals surface area (Å²) in [4.78, 5) is 22.7. The zero-order chi connectivity index (χ0) is 8.55. The van der Waals surface area contributed by atoms with Gasteiger partial charge in [-0.15, -0.1) is 0 Å². The predicted octanol–water partition coefficient (Wildman–Crippen LogP) is 1.50. The van der Waals surface area contributed by atoms with Crippen molar-refractivity contribution < 1.29 is 9.59 Å². The molecule has 2 atom stereocenters. The van der Waals surface area contributed by atoms with E-state index in [1.54, 1.807) is 0 Å². The van der Waals surface area contributed by atoms with Gasteiger partial charge in [-0.3, -0.25) is 9.59 Å². The molecule has 0 spiro atoms. The largest absolute Gasteiger partial charge is 0.295 e. The molecule has 0 aromatic rings. The van der Waals surface area contributed by atoms with Gasteiger partial charge in [-0.25, -0.2) is 0 Å². The summed E-state index contributed by atoms with van der Waals surface area (Å²) < 4.78 is 0. The fraction of sp³-hybridized carbons (Fsp3) is 0.600. The first-order valence-electron chi connectivity index (χ1n) is 4.55. The maximum Gasteiger partial charge on any atom is 0.159 e. The van der Waals surface area contributed by atoms with Gasteiger partial charge >= 0.3 is 0 Å². The molecule has 0 unspecified atom stereocenters. The predicted molar refractivity (Wildman–Crippen MR) is 44.6 cm³/mol. The van der Waals surface area contributed by atoms with Crippen LogP contribution >= 0.6 is 0 Å². The molecule has 64 valence electrons. The molecule has 2 nitrogen and oxygen atoms in total. The number of rotatable bonds is 0. The summed E-state index contributed by atoms with van der Waals surface area (Å²) in [5, 5.41) is 0. The van der Waals surface area contributed by atoms with Gasteiger partial charge in [0.1, 0.15) is 0 Å². The van der Waals surface area contributed by atoms with Crippen molar-refractivity contribution in [3.8, 4) is 0 Å². The van der Waals surface area contributed by atoms with Crippen LogP contribution in [0.1, 0.15) is 25.7 Å². The summed E-state index contributed by atoms with van der Waals surface area (Å²) in [7, 11) is 0. The van der Waals surface area contributed by atoms with Gasteiger partial charge in [-0.05, 0) is 25.0 Å². The van der Waals surface area contributed by atoms with Gasteiger partial charge in [0.2, 0.25) is 0 Å². The van der Waals surface area contributed by atoms with Crippen LogP contribution < -0.4 is 0 Å². The zero-order valence-corrected chi connectivity index (χ0v) is 6.95. The molecule has 0 radical (unpaired) electrons. The zero-order valence-electron chi connectivity index (χ0n) is 6.95. The van der Waals surface area contributed by atoms with Crippen LogP contribution in [0, 0.1) is 11.8 Å². The Morgan fingerprint density at radius 2 is 1.33 bits per heavy atom. The van der Waals surface area contributed by atoms with Crippen molar-refractivity contribution in [2.75, 3.05) is 0 Å². The summed E-state index contributed by atoms with van der Waals surface area (Å²) in [5.74, 6) is 0.381. The van der Waals surface area contributed by atoms with Crippen molar-refractivity contribution in [2.24, 2.45) is 11.8 Å². The van der Waals surface area contributed by atoms with Crippen molar-refractivity contribution >= 4 is 11.6 Å². The number of fused-ring (bicyclic) bond motifs is 1. The van der Waals surface area contributed by atoms with Gasteiger partial charge in [-0.2, -0.15) is 0 Å². The van der Waals surface area contributed by atoms with Crippen LogP contribution in [0.5, 0.6) is 0 Å². The first kappa shape index (κ1) is 7.71. The van der Waals surface area contributed by atoms with Crippen molar-refractivity contribution in [3.63, 3.8) is 0 Å². The molecule has 0 aromatic heterocycles. The molecule has 0 heterocycles. The highest BCUT2D eigenvalue weighted by molar-refractivity contribution is 6.07. The SMILES string of the molecule is O=C1C=CC(=O)[C@@H]2CCCC[C@H]12. The van der Waals surface area contributed by atoms with Crippen molar-refractivity contribution in [1.29, 1.82) is 0 Å². The molecule has 0 N–H and O–H groups in total. The van der Waals surface area contributed by atoms with E-state index in [1.807, 2.05) is 0 Å². The standard InChI is InChI=1S/C10H12O2/c11-9-5-6-10(12)8-4-2-1-3-7(8)9/h5-8H,1-4H2/t7-,8+. The van der Waals surface area contributed by atoms with E-state index in [1.165, 1.54) is 12.2 Å². The third kappa shape index (κ3) is 1.11. The van der Waals surface area contributed by atoms with E-state index >= 15 is 0 Å². The molecule has 2 aliphatic rings. The number of carbonyl (C=O) groups excluding carboxylic acids is 2. The topological polar surface area (TPSA) is 34.1 Å². The van der Waals surface area contributed by atoms with Crippen LogP contribution in [0.15, 0.2) is 12.2 Å². The van der Waals surface area contributed by atoms with E-state index < -0.39 is 0 Å². The first-order valence-corrected chi connectivity index (χ1v) is 4.55. The molecule has 1 fully saturated rings. The van der Waals surface area contributed by atoms with Gasteiger partial charge in [0.05, 0.1) is 0 Å². The number of hydrogen-bond acceptors (Lipinski definition) is 2. The Labute approximate surface area is 71.6 Å². The van der Waals surface area contributed by atoms with Crippen LogP contribution in [0.3, 0.4) is 0 Å². The summed E-state index contributed by atoms with van der Waals surface area (Å²) in [5.41, 5.74) is 0. The molecule has 0 aromatic carbocycles. The minimum Gasteiger partial charge on any atom is -0.295 e. The van der Waals surface area contributed by atoms with Gasteiger partial charge in [0.15, 0.2) is 11.6 Å². The van der Waals surface area contributed by atoms with Crippen molar-refractivity contribution in [1.82, 2.24) is 0 Å². The molecular formula is C10H12O2. The minimum absolute atomic E-state index is 0.0243. The molecular weight excluding hydrogens is 152 g/mol. The second kappa shape index (κ2) is 2.85. The summed E-state index contributed by atoms with van der Waals surface area (Å²) in [6, 6.07) is 0.